The second-order valence-electron chi connectivity index (χ2n) is 6.41. The second-order valence-corrected chi connectivity index (χ2v) is 8.28. The first-order chi connectivity index (χ1) is 12.4. The number of hydrogen-bond donors (Lipinski definition) is 0. The number of carbonyl (C=O) groups excluding carboxylic acids is 1. The summed E-state index contributed by atoms with van der Waals surface area (Å²) < 4.78 is 33.8. The smallest absolute Gasteiger partial charge is 0.278 e. The number of rotatable bonds is 4. The van der Waals surface area contributed by atoms with Crippen molar-refractivity contribution in [1.29, 1.82) is 0 Å². The molecule has 0 spiro atoms. The van der Waals surface area contributed by atoms with E-state index in [0.29, 0.717) is 35.8 Å². The van der Waals surface area contributed by atoms with Gasteiger partial charge in [-0.1, -0.05) is 6.42 Å². The lowest BCUT2D eigenvalue weighted by atomic mass is 10.2. The predicted molar refractivity (Wildman–Crippen MR) is 97.0 cm³/mol. The zero-order valence-electron chi connectivity index (χ0n) is 15.2. The Bertz CT molecular complexity index is 911. The van der Waals surface area contributed by atoms with E-state index in [2.05, 4.69) is 5.10 Å². The van der Waals surface area contributed by atoms with E-state index >= 15 is 0 Å². The minimum Gasteiger partial charge on any atom is -0.497 e. The third-order valence-corrected chi connectivity index (χ3v) is 6.82. The summed E-state index contributed by atoms with van der Waals surface area (Å²) in [5.41, 5.74) is 1.10. The Labute approximate surface area is 153 Å². The molecule has 1 aliphatic rings. The van der Waals surface area contributed by atoms with Gasteiger partial charge in [-0.05, 0) is 51.0 Å². The molecule has 1 aliphatic heterocycles. The van der Waals surface area contributed by atoms with Gasteiger partial charge in [0.05, 0.1) is 18.5 Å². The molecule has 2 aromatic rings. The number of benzene rings is 1. The van der Waals surface area contributed by atoms with Crippen LogP contribution in [0.4, 0.5) is 0 Å². The molecule has 7 nitrogen and oxygen atoms in total. The standard InChI is InChI=1S/C18H23N3O4S/c1-13-17(26(23,24)20-11-5-4-6-12-20)14(2)21(19-13)18(22)15-7-9-16(25-3)10-8-15/h7-10H,4-6,11-12H2,1-3H3. The highest BCUT2D eigenvalue weighted by molar-refractivity contribution is 7.89. The van der Waals surface area contributed by atoms with E-state index in [1.165, 1.54) is 8.99 Å². The maximum absolute atomic E-state index is 13.0. The van der Waals surface area contributed by atoms with Crippen molar-refractivity contribution >= 4 is 15.9 Å². The molecule has 8 heteroatoms. The van der Waals surface area contributed by atoms with E-state index in [0.717, 1.165) is 19.3 Å². The van der Waals surface area contributed by atoms with Crippen LogP contribution in [0.2, 0.25) is 0 Å². The molecular weight excluding hydrogens is 354 g/mol. The molecule has 0 atom stereocenters. The van der Waals surface area contributed by atoms with Crippen LogP contribution in [0.1, 0.15) is 41.0 Å². The van der Waals surface area contributed by atoms with Crippen molar-refractivity contribution in [2.75, 3.05) is 20.2 Å². The minimum absolute atomic E-state index is 0.140. The van der Waals surface area contributed by atoms with Crippen LogP contribution in [-0.2, 0) is 10.0 Å². The van der Waals surface area contributed by atoms with Crippen molar-refractivity contribution in [3.05, 3.63) is 41.2 Å². The average Bonchev–Trinajstić information content (AvgIpc) is 2.96. The second kappa shape index (κ2) is 7.20. The van der Waals surface area contributed by atoms with E-state index in [1.807, 2.05) is 0 Å². The Balaban J connectivity index is 1.98. The fourth-order valence-electron chi connectivity index (χ4n) is 3.29. The first kappa shape index (κ1) is 18.6. The lowest BCUT2D eigenvalue weighted by Crippen LogP contribution is -2.36. The van der Waals surface area contributed by atoms with E-state index in [1.54, 1.807) is 45.2 Å². The third-order valence-electron chi connectivity index (χ3n) is 4.67. The van der Waals surface area contributed by atoms with E-state index < -0.39 is 10.0 Å². The highest BCUT2D eigenvalue weighted by Gasteiger charge is 2.32. The SMILES string of the molecule is COc1ccc(C(=O)n2nc(C)c(S(=O)(=O)N3CCCCC3)c2C)cc1. The van der Waals surface area contributed by atoms with Gasteiger partial charge in [0.25, 0.3) is 5.91 Å². The van der Waals surface area contributed by atoms with Crippen LogP contribution >= 0.6 is 0 Å². The van der Waals surface area contributed by atoms with Gasteiger partial charge in [0.1, 0.15) is 10.6 Å². The van der Waals surface area contributed by atoms with Crippen LogP contribution in [-0.4, -0.2) is 48.6 Å². The van der Waals surface area contributed by atoms with Crippen molar-refractivity contribution in [3.63, 3.8) is 0 Å². The third kappa shape index (κ3) is 3.26. The molecule has 0 amide bonds. The van der Waals surface area contributed by atoms with E-state index in [-0.39, 0.29) is 10.8 Å². The molecule has 3 rings (SSSR count). The van der Waals surface area contributed by atoms with Crippen molar-refractivity contribution < 1.29 is 17.9 Å². The summed E-state index contributed by atoms with van der Waals surface area (Å²) in [5, 5.41) is 4.22. The quantitative estimate of drug-likeness (QED) is 0.817. The van der Waals surface area contributed by atoms with Gasteiger partial charge in [-0.25, -0.2) is 8.42 Å². The summed E-state index contributed by atoms with van der Waals surface area (Å²) >= 11 is 0. The van der Waals surface area contributed by atoms with Gasteiger partial charge in [-0.2, -0.15) is 14.1 Å². The Morgan fingerprint density at radius 1 is 1.08 bits per heavy atom. The van der Waals surface area contributed by atoms with Crippen molar-refractivity contribution in [2.45, 2.75) is 38.0 Å². The molecule has 0 N–H and O–H groups in total. The van der Waals surface area contributed by atoms with Gasteiger partial charge in [0, 0.05) is 18.7 Å². The van der Waals surface area contributed by atoms with Crippen molar-refractivity contribution in [2.24, 2.45) is 0 Å². The highest BCUT2D eigenvalue weighted by Crippen LogP contribution is 2.26. The molecule has 1 saturated heterocycles. The van der Waals surface area contributed by atoms with Gasteiger partial charge in [0.2, 0.25) is 10.0 Å². The summed E-state index contributed by atoms with van der Waals surface area (Å²) in [7, 11) is -2.10. The van der Waals surface area contributed by atoms with Crippen LogP contribution in [0.3, 0.4) is 0 Å². The average molecular weight is 377 g/mol. The number of methoxy groups -OCH3 is 1. The normalized spacial score (nSPS) is 15.8. The Kier molecular flexibility index (Phi) is 5.15. The highest BCUT2D eigenvalue weighted by atomic mass is 32.2. The number of hydrogen-bond acceptors (Lipinski definition) is 5. The molecule has 1 fully saturated rings. The largest absolute Gasteiger partial charge is 0.497 e. The number of aromatic nitrogens is 2. The topological polar surface area (TPSA) is 81.5 Å². The fraction of sp³-hybridized carbons (Fsp3) is 0.444. The minimum atomic E-state index is -3.65. The maximum Gasteiger partial charge on any atom is 0.278 e. The van der Waals surface area contributed by atoms with Gasteiger partial charge >= 0.3 is 0 Å². The maximum atomic E-state index is 13.0. The summed E-state index contributed by atoms with van der Waals surface area (Å²) in [5.74, 6) is 0.275. The molecule has 0 bridgehead atoms. The monoisotopic (exact) mass is 377 g/mol. The zero-order chi connectivity index (χ0) is 18.9. The van der Waals surface area contributed by atoms with Crippen LogP contribution in [0.5, 0.6) is 5.75 Å². The lowest BCUT2D eigenvalue weighted by Gasteiger charge is -2.25. The summed E-state index contributed by atoms with van der Waals surface area (Å²) in [6.07, 6.45) is 2.76. The van der Waals surface area contributed by atoms with Crippen LogP contribution < -0.4 is 4.74 Å². The van der Waals surface area contributed by atoms with Crippen molar-refractivity contribution in [3.8, 4) is 5.75 Å². The summed E-state index contributed by atoms with van der Waals surface area (Å²) in [4.78, 5) is 12.9. The molecule has 0 aliphatic carbocycles. The molecule has 0 saturated carbocycles. The number of nitrogens with zero attached hydrogens (tertiary/aromatic N) is 3. The van der Waals surface area contributed by atoms with E-state index in [9.17, 15) is 13.2 Å². The number of aryl methyl sites for hydroxylation is 1. The van der Waals surface area contributed by atoms with Crippen LogP contribution in [0.25, 0.3) is 0 Å². The number of piperidine rings is 1. The summed E-state index contributed by atoms with van der Waals surface area (Å²) in [6.45, 7) is 4.28. The Morgan fingerprint density at radius 2 is 1.69 bits per heavy atom. The molecule has 140 valence electrons. The van der Waals surface area contributed by atoms with Crippen LogP contribution in [0.15, 0.2) is 29.2 Å². The van der Waals surface area contributed by atoms with Crippen molar-refractivity contribution in [1.82, 2.24) is 14.1 Å². The van der Waals surface area contributed by atoms with Gasteiger partial charge in [-0.15, -0.1) is 0 Å². The van der Waals surface area contributed by atoms with Crippen LogP contribution in [0, 0.1) is 13.8 Å². The molecule has 0 unspecified atom stereocenters. The first-order valence-corrected chi connectivity index (χ1v) is 10.1. The molecule has 26 heavy (non-hydrogen) atoms. The zero-order valence-corrected chi connectivity index (χ0v) is 16.0. The lowest BCUT2D eigenvalue weighted by molar-refractivity contribution is 0.0942. The molecule has 1 aromatic carbocycles. The molecule has 1 aromatic heterocycles. The van der Waals surface area contributed by atoms with Gasteiger partial charge in [-0.3, -0.25) is 4.79 Å². The fourth-order valence-corrected chi connectivity index (χ4v) is 5.16. The van der Waals surface area contributed by atoms with E-state index in [4.69, 9.17) is 4.74 Å². The van der Waals surface area contributed by atoms with Gasteiger partial charge in [0.15, 0.2) is 0 Å². The number of sulfonamides is 1. The first-order valence-electron chi connectivity index (χ1n) is 8.61. The number of carbonyl (C=O) groups is 1. The molecular formula is C18H23N3O4S. The van der Waals surface area contributed by atoms with Gasteiger partial charge < -0.3 is 4.74 Å². The molecule has 2 heterocycles. The summed E-state index contributed by atoms with van der Waals surface area (Å²) in [6, 6.07) is 6.64. The Hall–Kier alpha value is -2.19. The Morgan fingerprint density at radius 3 is 2.27 bits per heavy atom. The molecule has 0 radical (unpaired) electrons. The number of ether oxygens (including phenoxy) is 1. The predicted octanol–water partition coefficient (Wildman–Crippen LogP) is 2.37.